The zero-order chi connectivity index (χ0) is 19.6. The first kappa shape index (κ1) is 18.7. The van der Waals surface area contributed by atoms with Gasteiger partial charge < -0.3 is 4.42 Å². The van der Waals surface area contributed by atoms with Crippen LogP contribution in [0.4, 0.5) is 13.2 Å². The maximum absolute atomic E-state index is 12.7. The molecule has 0 N–H and O–H groups in total. The molecule has 0 saturated heterocycles. The molecule has 4 nitrogen and oxygen atoms in total. The molecule has 0 saturated carbocycles. The fourth-order valence-electron chi connectivity index (χ4n) is 2.41. The molecule has 0 unspecified atom stereocenters. The Morgan fingerprint density at radius 2 is 1.68 bits per heavy atom. The SMILES string of the molecule is FC(F)(F)c1ccc(-c2nc(CSc3nnc(-c4ccccc4)o3)cs2)cc1. The lowest BCUT2D eigenvalue weighted by Crippen LogP contribution is -2.03. The number of thioether (sulfide) groups is 1. The van der Waals surface area contributed by atoms with Crippen LogP contribution in [-0.2, 0) is 11.9 Å². The third-order valence-corrected chi connectivity index (χ3v) is 5.57. The van der Waals surface area contributed by atoms with Gasteiger partial charge >= 0.3 is 6.18 Å². The highest BCUT2D eigenvalue weighted by Crippen LogP contribution is 2.32. The van der Waals surface area contributed by atoms with Crippen molar-refractivity contribution in [2.24, 2.45) is 0 Å². The first-order valence-electron chi connectivity index (χ1n) is 8.13. The number of aromatic nitrogens is 3. The van der Waals surface area contributed by atoms with E-state index in [4.69, 9.17) is 4.42 Å². The number of rotatable bonds is 5. The lowest BCUT2D eigenvalue weighted by Gasteiger charge is -2.06. The van der Waals surface area contributed by atoms with Crippen molar-refractivity contribution in [1.29, 1.82) is 0 Å². The number of alkyl halides is 3. The van der Waals surface area contributed by atoms with Gasteiger partial charge in [0.05, 0.1) is 11.3 Å². The molecule has 9 heteroatoms. The van der Waals surface area contributed by atoms with E-state index in [1.165, 1.54) is 35.2 Å². The summed E-state index contributed by atoms with van der Waals surface area (Å²) in [4.78, 5) is 4.48. The summed E-state index contributed by atoms with van der Waals surface area (Å²) in [5.74, 6) is 0.972. The third kappa shape index (κ3) is 4.26. The molecular formula is C19H12F3N3OS2. The van der Waals surface area contributed by atoms with E-state index in [-0.39, 0.29) is 0 Å². The van der Waals surface area contributed by atoms with Crippen LogP contribution in [0.2, 0.25) is 0 Å². The molecule has 0 bridgehead atoms. The van der Waals surface area contributed by atoms with Crippen molar-refractivity contribution in [1.82, 2.24) is 15.2 Å². The van der Waals surface area contributed by atoms with Gasteiger partial charge in [0.25, 0.3) is 5.22 Å². The quantitative estimate of drug-likeness (QED) is 0.362. The second-order valence-corrected chi connectivity index (χ2v) is 7.53. The van der Waals surface area contributed by atoms with Crippen LogP contribution in [-0.4, -0.2) is 15.2 Å². The molecule has 0 aliphatic carbocycles. The minimum absolute atomic E-state index is 0.433. The molecule has 142 valence electrons. The van der Waals surface area contributed by atoms with Crippen LogP contribution in [0.25, 0.3) is 22.0 Å². The van der Waals surface area contributed by atoms with Gasteiger partial charge in [-0.05, 0) is 24.3 Å². The predicted molar refractivity (Wildman–Crippen MR) is 102 cm³/mol. The average Bonchev–Trinajstić information content (AvgIpc) is 3.36. The van der Waals surface area contributed by atoms with Crippen LogP contribution in [0.3, 0.4) is 0 Å². The molecule has 4 aromatic rings. The molecule has 0 atom stereocenters. The van der Waals surface area contributed by atoms with Gasteiger partial charge in [-0.1, -0.05) is 42.1 Å². The maximum Gasteiger partial charge on any atom is 0.416 e. The van der Waals surface area contributed by atoms with E-state index in [1.54, 1.807) is 0 Å². The molecule has 4 rings (SSSR count). The fourth-order valence-corrected chi connectivity index (χ4v) is 4.00. The predicted octanol–water partition coefficient (Wildman–Crippen LogP) is 6.17. The monoisotopic (exact) mass is 419 g/mol. The second kappa shape index (κ2) is 7.76. The topological polar surface area (TPSA) is 51.8 Å². The lowest BCUT2D eigenvalue weighted by atomic mass is 10.1. The van der Waals surface area contributed by atoms with Crippen molar-refractivity contribution < 1.29 is 17.6 Å². The van der Waals surface area contributed by atoms with Crippen LogP contribution in [0.1, 0.15) is 11.3 Å². The highest BCUT2D eigenvalue weighted by atomic mass is 32.2. The molecule has 0 spiro atoms. The Kier molecular flexibility index (Phi) is 5.19. The number of thiazole rings is 1. The lowest BCUT2D eigenvalue weighted by molar-refractivity contribution is -0.137. The molecule has 2 aromatic heterocycles. The number of benzene rings is 2. The van der Waals surface area contributed by atoms with Crippen molar-refractivity contribution in [2.45, 2.75) is 17.2 Å². The third-order valence-electron chi connectivity index (χ3n) is 3.78. The van der Waals surface area contributed by atoms with Gasteiger partial charge in [0, 0.05) is 22.3 Å². The van der Waals surface area contributed by atoms with Gasteiger partial charge in [-0.15, -0.1) is 21.5 Å². The average molecular weight is 419 g/mol. The van der Waals surface area contributed by atoms with Gasteiger partial charge in [-0.25, -0.2) is 4.98 Å². The van der Waals surface area contributed by atoms with E-state index < -0.39 is 11.7 Å². The van der Waals surface area contributed by atoms with E-state index >= 15 is 0 Å². The summed E-state index contributed by atoms with van der Waals surface area (Å²) in [6.45, 7) is 0. The number of halogens is 3. The summed E-state index contributed by atoms with van der Waals surface area (Å²) < 4.78 is 43.6. The van der Waals surface area contributed by atoms with Crippen molar-refractivity contribution in [3.63, 3.8) is 0 Å². The summed E-state index contributed by atoms with van der Waals surface area (Å²) >= 11 is 2.74. The van der Waals surface area contributed by atoms with Crippen molar-refractivity contribution >= 4 is 23.1 Å². The Morgan fingerprint density at radius 3 is 2.39 bits per heavy atom. The molecule has 0 amide bonds. The number of hydrogen-bond donors (Lipinski definition) is 0. The Bertz CT molecular complexity index is 1060. The first-order valence-corrected chi connectivity index (χ1v) is 9.99. The fraction of sp³-hybridized carbons (Fsp3) is 0.105. The summed E-state index contributed by atoms with van der Waals surface area (Å²) in [6, 6.07) is 14.5. The van der Waals surface area contributed by atoms with Gasteiger partial charge in [-0.3, -0.25) is 0 Å². The molecule has 2 heterocycles. The Labute approximate surface area is 166 Å². The van der Waals surface area contributed by atoms with Crippen LogP contribution in [0.5, 0.6) is 0 Å². The van der Waals surface area contributed by atoms with Crippen LogP contribution in [0, 0.1) is 0 Å². The molecule has 28 heavy (non-hydrogen) atoms. The van der Waals surface area contributed by atoms with E-state index in [0.29, 0.717) is 27.4 Å². The minimum atomic E-state index is -4.34. The number of nitrogens with zero attached hydrogens (tertiary/aromatic N) is 3. The summed E-state index contributed by atoms with van der Waals surface area (Å²) in [7, 11) is 0. The van der Waals surface area contributed by atoms with Crippen LogP contribution >= 0.6 is 23.1 Å². The summed E-state index contributed by atoms with van der Waals surface area (Å²) in [5, 5.41) is 11.0. The molecule has 0 radical (unpaired) electrons. The largest absolute Gasteiger partial charge is 0.416 e. The Balaban J connectivity index is 1.41. The van der Waals surface area contributed by atoms with Gasteiger partial charge in [-0.2, -0.15) is 13.2 Å². The van der Waals surface area contributed by atoms with Crippen molar-refractivity contribution in [3.05, 3.63) is 71.2 Å². The number of hydrogen-bond acceptors (Lipinski definition) is 6. The minimum Gasteiger partial charge on any atom is -0.411 e. The normalized spacial score (nSPS) is 11.7. The van der Waals surface area contributed by atoms with E-state index in [9.17, 15) is 13.2 Å². The standard InChI is InChI=1S/C19H12F3N3OS2/c20-19(21,22)14-8-6-13(7-9-14)17-23-15(10-27-17)11-28-18-25-24-16(26-18)12-4-2-1-3-5-12/h1-10H,11H2. The molecule has 0 fully saturated rings. The summed E-state index contributed by atoms with van der Waals surface area (Å²) in [5.41, 5.74) is 1.62. The first-order chi connectivity index (χ1) is 13.5. The van der Waals surface area contributed by atoms with Crippen molar-refractivity contribution in [3.8, 4) is 22.0 Å². The van der Waals surface area contributed by atoms with Gasteiger partial charge in [0.2, 0.25) is 5.89 Å². The van der Waals surface area contributed by atoms with E-state index in [1.807, 2.05) is 35.7 Å². The maximum atomic E-state index is 12.7. The smallest absolute Gasteiger partial charge is 0.411 e. The van der Waals surface area contributed by atoms with Crippen LogP contribution < -0.4 is 0 Å². The molecule has 0 aliphatic rings. The van der Waals surface area contributed by atoms with Crippen LogP contribution in [0.15, 0.2) is 69.6 Å². The van der Waals surface area contributed by atoms with E-state index in [0.717, 1.165) is 23.4 Å². The molecule has 0 aliphatic heterocycles. The Hall–Kier alpha value is -2.65. The molecule has 2 aromatic carbocycles. The zero-order valence-electron chi connectivity index (χ0n) is 14.2. The highest BCUT2D eigenvalue weighted by Gasteiger charge is 2.30. The second-order valence-electron chi connectivity index (χ2n) is 5.75. The van der Waals surface area contributed by atoms with Crippen molar-refractivity contribution in [2.75, 3.05) is 0 Å². The van der Waals surface area contributed by atoms with Gasteiger partial charge in [0.15, 0.2) is 0 Å². The highest BCUT2D eigenvalue weighted by molar-refractivity contribution is 7.98. The van der Waals surface area contributed by atoms with Gasteiger partial charge in [0.1, 0.15) is 5.01 Å². The Morgan fingerprint density at radius 1 is 0.929 bits per heavy atom. The van der Waals surface area contributed by atoms with E-state index in [2.05, 4.69) is 15.2 Å². The zero-order valence-corrected chi connectivity index (χ0v) is 15.8. The summed E-state index contributed by atoms with van der Waals surface area (Å²) in [6.07, 6.45) is -4.34. The molecular weight excluding hydrogens is 407 g/mol.